The number of aromatic nitrogens is 2. The smallest absolute Gasteiger partial charge is 0.277 e. The van der Waals surface area contributed by atoms with Gasteiger partial charge in [-0.2, -0.15) is 0 Å². The normalized spacial score (nSPS) is 10.9. The van der Waals surface area contributed by atoms with Crippen molar-refractivity contribution in [1.82, 2.24) is 10.2 Å². The first-order chi connectivity index (χ1) is 10.6. The summed E-state index contributed by atoms with van der Waals surface area (Å²) >= 11 is 19.3. The van der Waals surface area contributed by atoms with Crippen LogP contribution in [0, 0.1) is 0 Å². The van der Waals surface area contributed by atoms with Gasteiger partial charge in [0.05, 0.1) is 0 Å². The number of hydrogen-bond donors (Lipinski definition) is 0. The van der Waals surface area contributed by atoms with E-state index in [-0.39, 0.29) is 0 Å². The van der Waals surface area contributed by atoms with Gasteiger partial charge in [-0.3, -0.25) is 0 Å². The van der Waals surface area contributed by atoms with Crippen molar-refractivity contribution in [3.05, 3.63) is 63.1 Å². The minimum atomic E-state index is 0.460. The van der Waals surface area contributed by atoms with Crippen molar-refractivity contribution in [1.29, 1.82) is 0 Å². The van der Waals surface area contributed by atoms with Crippen LogP contribution in [0.15, 0.2) is 52.1 Å². The van der Waals surface area contributed by atoms with E-state index in [2.05, 4.69) is 10.2 Å². The molecule has 0 aliphatic rings. The van der Waals surface area contributed by atoms with E-state index < -0.39 is 0 Å². The van der Waals surface area contributed by atoms with Gasteiger partial charge in [0.25, 0.3) is 5.22 Å². The van der Waals surface area contributed by atoms with Crippen LogP contribution < -0.4 is 0 Å². The number of rotatable bonds is 4. The van der Waals surface area contributed by atoms with Gasteiger partial charge in [0.1, 0.15) is 0 Å². The maximum atomic E-state index is 6.13. The van der Waals surface area contributed by atoms with Crippen molar-refractivity contribution < 1.29 is 4.42 Å². The van der Waals surface area contributed by atoms with E-state index in [0.29, 0.717) is 31.9 Å². The van der Waals surface area contributed by atoms with Crippen LogP contribution in [0.1, 0.15) is 5.56 Å². The first-order valence-corrected chi connectivity index (χ1v) is 8.40. The summed E-state index contributed by atoms with van der Waals surface area (Å²) in [6, 6.07) is 12.6. The minimum Gasteiger partial charge on any atom is -0.411 e. The lowest BCUT2D eigenvalue weighted by atomic mass is 10.2. The first-order valence-electron chi connectivity index (χ1n) is 6.28. The topological polar surface area (TPSA) is 38.9 Å². The van der Waals surface area contributed by atoms with Gasteiger partial charge >= 0.3 is 0 Å². The predicted octanol–water partition coefficient (Wildman–Crippen LogP) is 5.99. The molecule has 7 heteroatoms. The van der Waals surface area contributed by atoms with Crippen LogP contribution in [0.3, 0.4) is 0 Å². The average Bonchev–Trinajstić information content (AvgIpc) is 2.96. The number of halogens is 3. The molecule has 0 bridgehead atoms. The zero-order valence-electron chi connectivity index (χ0n) is 11.1. The summed E-state index contributed by atoms with van der Waals surface area (Å²) in [5, 5.41) is 10.4. The lowest BCUT2D eigenvalue weighted by Crippen LogP contribution is -1.82. The van der Waals surface area contributed by atoms with Gasteiger partial charge in [-0.1, -0.05) is 52.6 Å². The van der Waals surface area contributed by atoms with Crippen LogP contribution in [0.5, 0.6) is 0 Å². The highest BCUT2D eigenvalue weighted by molar-refractivity contribution is 7.98. The zero-order chi connectivity index (χ0) is 15.5. The summed E-state index contributed by atoms with van der Waals surface area (Å²) in [7, 11) is 0. The summed E-state index contributed by atoms with van der Waals surface area (Å²) in [6.07, 6.45) is 0. The van der Waals surface area contributed by atoms with Gasteiger partial charge in [0.2, 0.25) is 5.89 Å². The predicted molar refractivity (Wildman–Crippen MR) is 90.8 cm³/mol. The summed E-state index contributed by atoms with van der Waals surface area (Å²) in [5.41, 5.74) is 1.79. The molecule has 0 atom stereocenters. The average molecular weight is 372 g/mol. The van der Waals surface area contributed by atoms with E-state index in [0.717, 1.165) is 11.1 Å². The Kier molecular flexibility index (Phi) is 4.93. The molecule has 3 nitrogen and oxygen atoms in total. The molecule has 2 aromatic carbocycles. The molecule has 3 rings (SSSR count). The fourth-order valence-corrected chi connectivity index (χ4v) is 3.20. The summed E-state index contributed by atoms with van der Waals surface area (Å²) in [4.78, 5) is 0. The molecule has 0 aliphatic carbocycles. The fourth-order valence-electron chi connectivity index (χ4n) is 1.76. The Morgan fingerprint density at radius 1 is 0.909 bits per heavy atom. The van der Waals surface area contributed by atoms with Gasteiger partial charge in [0.15, 0.2) is 0 Å². The Balaban J connectivity index is 1.70. The third kappa shape index (κ3) is 3.76. The van der Waals surface area contributed by atoms with Crippen molar-refractivity contribution in [2.75, 3.05) is 0 Å². The van der Waals surface area contributed by atoms with Crippen LogP contribution >= 0.6 is 46.6 Å². The minimum absolute atomic E-state index is 0.460. The van der Waals surface area contributed by atoms with Crippen LogP contribution in [0.25, 0.3) is 11.5 Å². The molecule has 0 saturated heterocycles. The van der Waals surface area contributed by atoms with Gasteiger partial charge < -0.3 is 4.42 Å². The largest absolute Gasteiger partial charge is 0.411 e. The van der Waals surface area contributed by atoms with E-state index in [9.17, 15) is 0 Å². The van der Waals surface area contributed by atoms with Gasteiger partial charge in [-0.15, -0.1) is 10.2 Å². The number of benzene rings is 2. The Morgan fingerprint density at radius 2 is 1.64 bits per heavy atom. The maximum Gasteiger partial charge on any atom is 0.277 e. The van der Waals surface area contributed by atoms with E-state index >= 15 is 0 Å². The quantitative estimate of drug-likeness (QED) is 0.528. The Hall–Kier alpha value is -1.20. The third-order valence-electron chi connectivity index (χ3n) is 2.86. The summed E-state index contributed by atoms with van der Waals surface area (Å²) in [5.74, 6) is 1.08. The van der Waals surface area contributed by atoms with E-state index in [1.807, 2.05) is 18.2 Å². The van der Waals surface area contributed by atoms with Gasteiger partial charge in [-0.05, 0) is 42.0 Å². The highest BCUT2D eigenvalue weighted by Crippen LogP contribution is 2.29. The first kappa shape index (κ1) is 15.7. The zero-order valence-corrected chi connectivity index (χ0v) is 14.2. The Morgan fingerprint density at radius 3 is 2.36 bits per heavy atom. The molecule has 0 saturated carbocycles. The van der Waals surface area contributed by atoms with Crippen LogP contribution in [-0.4, -0.2) is 10.2 Å². The van der Waals surface area contributed by atoms with Gasteiger partial charge in [-0.25, -0.2) is 0 Å². The molecular formula is C15H9Cl3N2OS. The number of hydrogen-bond acceptors (Lipinski definition) is 4. The van der Waals surface area contributed by atoms with Crippen molar-refractivity contribution in [2.24, 2.45) is 0 Å². The number of nitrogens with zero attached hydrogens (tertiary/aromatic N) is 2. The third-order valence-corrected chi connectivity index (χ3v) is 4.57. The maximum absolute atomic E-state index is 6.13. The second-order valence-electron chi connectivity index (χ2n) is 4.40. The molecule has 3 aromatic rings. The molecule has 0 fully saturated rings. The van der Waals surface area contributed by atoms with E-state index in [1.54, 1.807) is 24.3 Å². The van der Waals surface area contributed by atoms with Crippen molar-refractivity contribution >= 4 is 46.6 Å². The van der Waals surface area contributed by atoms with Crippen molar-refractivity contribution in [3.8, 4) is 11.5 Å². The Labute approximate surface area is 146 Å². The van der Waals surface area contributed by atoms with Gasteiger partial charge in [0, 0.05) is 26.4 Å². The van der Waals surface area contributed by atoms with E-state index in [4.69, 9.17) is 39.2 Å². The fraction of sp³-hybridized carbons (Fsp3) is 0.0667. The van der Waals surface area contributed by atoms with Crippen LogP contribution in [0.2, 0.25) is 15.1 Å². The molecule has 0 aliphatic heterocycles. The SMILES string of the molecule is Clc1ccc(-c2nnc(SCc3ccc(Cl)cc3Cl)o2)cc1. The molecule has 22 heavy (non-hydrogen) atoms. The monoisotopic (exact) mass is 370 g/mol. The van der Waals surface area contributed by atoms with E-state index in [1.165, 1.54) is 11.8 Å². The molecule has 0 unspecified atom stereocenters. The van der Waals surface area contributed by atoms with Crippen LogP contribution in [-0.2, 0) is 5.75 Å². The lowest BCUT2D eigenvalue weighted by molar-refractivity contribution is 0.466. The number of thioether (sulfide) groups is 1. The highest BCUT2D eigenvalue weighted by Gasteiger charge is 2.10. The molecule has 1 aromatic heterocycles. The Bertz CT molecular complexity index is 790. The second kappa shape index (κ2) is 6.92. The highest BCUT2D eigenvalue weighted by atomic mass is 35.5. The van der Waals surface area contributed by atoms with Crippen LogP contribution in [0.4, 0.5) is 0 Å². The molecular weight excluding hydrogens is 363 g/mol. The lowest BCUT2D eigenvalue weighted by Gasteiger charge is -2.02. The molecule has 0 spiro atoms. The summed E-state index contributed by atoms with van der Waals surface area (Å²) < 4.78 is 5.62. The van der Waals surface area contributed by atoms with Crippen molar-refractivity contribution in [2.45, 2.75) is 11.0 Å². The van der Waals surface area contributed by atoms with Crippen molar-refractivity contribution in [3.63, 3.8) is 0 Å². The summed E-state index contributed by atoms with van der Waals surface area (Å²) in [6.45, 7) is 0. The molecule has 0 amide bonds. The molecule has 1 heterocycles. The molecule has 0 N–H and O–H groups in total. The molecule has 112 valence electrons. The standard InChI is InChI=1S/C15H9Cl3N2OS/c16-11-4-1-9(2-5-11)14-19-20-15(21-14)22-8-10-3-6-12(17)7-13(10)18/h1-7H,8H2. The second-order valence-corrected chi connectivity index (χ2v) is 6.61. The molecule has 0 radical (unpaired) electrons.